The maximum atomic E-state index is 12.5. The van der Waals surface area contributed by atoms with E-state index >= 15 is 0 Å². The molecule has 0 radical (unpaired) electrons. The molecule has 3 nitrogen and oxygen atoms in total. The van der Waals surface area contributed by atoms with E-state index in [0.29, 0.717) is 0 Å². The topological polar surface area (TPSA) is 24.8 Å². The highest BCUT2D eigenvalue weighted by Crippen LogP contribution is 2.13. The van der Waals surface area contributed by atoms with Crippen molar-refractivity contribution in [3.63, 3.8) is 0 Å². The summed E-state index contributed by atoms with van der Waals surface area (Å²) in [6.45, 7) is 5.39. The van der Waals surface area contributed by atoms with Gasteiger partial charge in [0.25, 0.3) is 5.91 Å². The molecule has 0 bridgehead atoms. The lowest BCUT2D eigenvalue weighted by Gasteiger charge is -2.32. The Balaban J connectivity index is 1.65. The van der Waals surface area contributed by atoms with Crippen LogP contribution in [0, 0.1) is 6.92 Å². The molecule has 4 heteroatoms. The normalized spacial score (nSPS) is 15.8. The van der Waals surface area contributed by atoms with Crippen LogP contribution in [0.1, 0.15) is 15.9 Å². The fourth-order valence-electron chi connectivity index (χ4n) is 2.94. The average molecular weight is 316 g/mol. The molecule has 0 saturated carbocycles. The second-order valence-corrected chi connectivity index (χ2v) is 6.21. The molecule has 0 aromatic heterocycles. The third-order valence-electron chi connectivity index (χ3n) is 4.15. The maximum Gasteiger partial charge on any atom is 0.254 e. The zero-order valence-electron chi connectivity index (χ0n) is 12.7. The fourth-order valence-corrected chi connectivity index (χ4v) is 3.13. The predicted octanol–water partition coefficient (Wildman–Crippen LogP) is 2.32. The van der Waals surface area contributed by atoms with Gasteiger partial charge in [-0.2, -0.15) is 0 Å². The van der Waals surface area contributed by atoms with Crippen molar-refractivity contribution < 1.29 is 9.69 Å². The number of carbonyl (C=O) groups is 1. The Kier molecular flexibility index (Phi) is 4.46. The molecule has 0 atom stereocenters. The molecule has 2 aromatic rings. The number of hydrogen-bond acceptors (Lipinski definition) is 1. The number of benzene rings is 2. The van der Waals surface area contributed by atoms with Crippen LogP contribution in [0.4, 0.5) is 5.69 Å². The van der Waals surface area contributed by atoms with E-state index in [1.165, 1.54) is 10.6 Å². The molecule has 1 N–H and O–H groups in total. The van der Waals surface area contributed by atoms with Gasteiger partial charge in [-0.15, -0.1) is 0 Å². The van der Waals surface area contributed by atoms with Crippen molar-refractivity contribution >= 4 is 23.2 Å². The summed E-state index contributed by atoms with van der Waals surface area (Å²) in [5.41, 5.74) is 3.11. The van der Waals surface area contributed by atoms with E-state index in [9.17, 15) is 4.79 Å². The Morgan fingerprint density at radius 2 is 1.82 bits per heavy atom. The van der Waals surface area contributed by atoms with Crippen LogP contribution in [0.25, 0.3) is 0 Å². The molecule has 22 heavy (non-hydrogen) atoms. The number of halogens is 1. The van der Waals surface area contributed by atoms with Gasteiger partial charge < -0.3 is 4.90 Å². The van der Waals surface area contributed by atoms with Crippen molar-refractivity contribution in [3.05, 3.63) is 64.7 Å². The van der Waals surface area contributed by atoms with Crippen molar-refractivity contribution in [2.24, 2.45) is 0 Å². The Labute approximate surface area is 136 Å². The predicted molar refractivity (Wildman–Crippen MR) is 88.9 cm³/mol. The first kappa shape index (κ1) is 15.1. The Bertz CT molecular complexity index is 678. The van der Waals surface area contributed by atoms with Crippen molar-refractivity contribution in [3.8, 4) is 0 Å². The molecular formula is C18H20ClN2O+. The molecule has 2 aromatic carbocycles. The summed E-state index contributed by atoms with van der Waals surface area (Å²) in [5, 5.41) is 0.767. The van der Waals surface area contributed by atoms with Gasteiger partial charge in [0.05, 0.1) is 26.2 Å². The Hall–Kier alpha value is -1.84. The first-order valence-corrected chi connectivity index (χ1v) is 7.98. The molecule has 3 rings (SSSR count). The lowest BCUT2D eigenvalue weighted by Crippen LogP contribution is -3.10. The van der Waals surface area contributed by atoms with Gasteiger partial charge in [-0.25, -0.2) is 0 Å². The van der Waals surface area contributed by atoms with Crippen molar-refractivity contribution in [1.82, 2.24) is 4.90 Å². The first-order valence-electron chi connectivity index (χ1n) is 7.60. The minimum absolute atomic E-state index is 0.133. The number of nitrogens with one attached hydrogen (secondary N) is 1. The van der Waals surface area contributed by atoms with Crippen LogP contribution in [0.15, 0.2) is 48.5 Å². The van der Waals surface area contributed by atoms with E-state index in [1.807, 2.05) is 54.3 Å². The number of carbonyl (C=O) groups excluding carboxylic acids is 1. The number of rotatable bonds is 2. The van der Waals surface area contributed by atoms with Crippen LogP contribution >= 0.6 is 11.6 Å². The zero-order chi connectivity index (χ0) is 15.5. The van der Waals surface area contributed by atoms with E-state index in [0.717, 1.165) is 42.3 Å². The molecule has 0 spiro atoms. The Morgan fingerprint density at radius 1 is 1.09 bits per heavy atom. The van der Waals surface area contributed by atoms with Gasteiger partial charge in [-0.3, -0.25) is 9.69 Å². The zero-order valence-corrected chi connectivity index (χ0v) is 13.4. The maximum absolute atomic E-state index is 12.5. The van der Waals surface area contributed by atoms with E-state index in [4.69, 9.17) is 11.6 Å². The minimum atomic E-state index is 0.133. The number of hydrogen-bond donors (Lipinski definition) is 1. The van der Waals surface area contributed by atoms with Crippen LogP contribution in [-0.2, 0) is 0 Å². The molecule has 1 aliphatic heterocycles. The van der Waals surface area contributed by atoms with Crippen molar-refractivity contribution in [2.45, 2.75) is 6.92 Å². The quantitative estimate of drug-likeness (QED) is 0.904. The van der Waals surface area contributed by atoms with Crippen LogP contribution in [0.2, 0.25) is 5.02 Å². The SMILES string of the molecule is Cc1cccc(C(=O)N2CC[NH+](c3cccc(Cl)c3)CC2)c1. The summed E-state index contributed by atoms with van der Waals surface area (Å²) in [7, 11) is 0. The van der Waals surface area contributed by atoms with E-state index < -0.39 is 0 Å². The molecule has 1 heterocycles. The highest BCUT2D eigenvalue weighted by Gasteiger charge is 2.25. The lowest BCUT2D eigenvalue weighted by molar-refractivity contribution is -0.837. The molecular weight excluding hydrogens is 296 g/mol. The van der Waals surface area contributed by atoms with Gasteiger partial charge >= 0.3 is 0 Å². The van der Waals surface area contributed by atoms with E-state index in [-0.39, 0.29) is 5.91 Å². The summed E-state index contributed by atoms with van der Waals surface area (Å²) in [6, 6.07) is 15.8. The van der Waals surface area contributed by atoms with E-state index in [1.54, 1.807) is 0 Å². The van der Waals surface area contributed by atoms with Gasteiger partial charge in [0, 0.05) is 16.7 Å². The fraction of sp³-hybridized carbons (Fsp3) is 0.278. The molecule has 1 amide bonds. The van der Waals surface area contributed by atoms with Gasteiger partial charge in [-0.05, 0) is 31.2 Å². The minimum Gasteiger partial charge on any atom is -0.327 e. The van der Waals surface area contributed by atoms with Gasteiger partial charge in [0.1, 0.15) is 5.69 Å². The van der Waals surface area contributed by atoms with Crippen molar-refractivity contribution in [1.29, 1.82) is 0 Å². The van der Waals surface area contributed by atoms with Gasteiger partial charge in [0.2, 0.25) is 0 Å². The van der Waals surface area contributed by atoms with Crippen LogP contribution in [-0.4, -0.2) is 37.0 Å². The number of amides is 1. The second kappa shape index (κ2) is 6.51. The molecule has 1 fully saturated rings. The summed E-state index contributed by atoms with van der Waals surface area (Å²) in [4.78, 5) is 15.9. The number of nitrogens with zero attached hydrogens (tertiary/aromatic N) is 1. The average Bonchev–Trinajstić information content (AvgIpc) is 2.54. The monoisotopic (exact) mass is 315 g/mol. The summed E-state index contributed by atoms with van der Waals surface area (Å²) >= 11 is 6.06. The second-order valence-electron chi connectivity index (χ2n) is 5.78. The Morgan fingerprint density at radius 3 is 2.50 bits per heavy atom. The van der Waals surface area contributed by atoms with Crippen LogP contribution in [0.5, 0.6) is 0 Å². The molecule has 0 unspecified atom stereocenters. The summed E-state index contributed by atoms with van der Waals surface area (Å²) in [5.74, 6) is 0.133. The smallest absolute Gasteiger partial charge is 0.254 e. The third-order valence-corrected chi connectivity index (χ3v) is 4.39. The highest BCUT2D eigenvalue weighted by molar-refractivity contribution is 6.30. The highest BCUT2D eigenvalue weighted by atomic mass is 35.5. The number of aryl methyl sites for hydroxylation is 1. The van der Waals surface area contributed by atoms with Gasteiger partial charge in [-0.1, -0.05) is 35.4 Å². The standard InChI is InChI=1S/C18H19ClN2O/c1-14-4-2-5-15(12-14)18(22)21-10-8-20(9-11-21)17-7-3-6-16(19)13-17/h2-7,12-13H,8-11H2,1H3/p+1. The molecule has 1 saturated heterocycles. The van der Waals surface area contributed by atoms with Gasteiger partial charge in [0.15, 0.2) is 0 Å². The number of piperazine rings is 1. The first-order chi connectivity index (χ1) is 10.6. The van der Waals surface area contributed by atoms with E-state index in [2.05, 4.69) is 6.07 Å². The molecule has 0 aliphatic carbocycles. The van der Waals surface area contributed by atoms with Crippen LogP contribution in [0.3, 0.4) is 0 Å². The lowest BCUT2D eigenvalue weighted by atomic mass is 10.1. The molecule has 1 aliphatic rings. The van der Waals surface area contributed by atoms with Crippen LogP contribution < -0.4 is 4.90 Å². The summed E-state index contributed by atoms with van der Waals surface area (Å²) in [6.07, 6.45) is 0. The van der Waals surface area contributed by atoms with Crippen molar-refractivity contribution in [2.75, 3.05) is 26.2 Å². The molecule has 114 valence electrons. The number of quaternary nitrogens is 1. The third kappa shape index (κ3) is 3.32. The summed E-state index contributed by atoms with van der Waals surface area (Å²) < 4.78 is 0. The largest absolute Gasteiger partial charge is 0.327 e.